The van der Waals surface area contributed by atoms with Crippen LogP contribution in [-0.4, -0.2) is 28.9 Å². The van der Waals surface area contributed by atoms with Crippen molar-refractivity contribution in [1.29, 1.82) is 0 Å². The zero-order valence-corrected chi connectivity index (χ0v) is 16.9. The molecule has 0 saturated heterocycles. The van der Waals surface area contributed by atoms with Gasteiger partial charge in [-0.25, -0.2) is 0 Å². The highest BCUT2D eigenvalue weighted by Crippen LogP contribution is 2.33. The van der Waals surface area contributed by atoms with Crippen LogP contribution in [-0.2, 0) is 11.2 Å². The van der Waals surface area contributed by atoms with Gasteiger partial charge < -0.3 is 19.7 Å². The fourth-order valence-electron chi connectivity index (χ4n) is 3.07. The van der Waals surface area contributed by atoms with Crippen LogP contribution in [0.3, 0.4) is 0 Å². The lowest BCUT2D eigenvalue weighted by Crippen LogP contribution is -2.36. The third-order valence-electron chi connectivity index (χ3n) is 5.01. The monoisotopic (exact) mass is 398 g/mol. The largest absolute Gasteiger partial charge is 0.508 e. The second kappa shape index (κ2) is 10.2. The Balaban J connectivity index is 0.000000732. The molecule has 156 valence electrons. The van der Waals surface area contributed by atoms with Gasteiger partial charge in [-0.3, -0.25) is 4.79 Å². The molecule has 0 aliphatic heterocycles. The number of aliphatic carboxylic acids is 1. The molecule has 2 aromatic carbocycles. The van der Waals surface area contributed by atoms with Gasteiger partial charge in [0.2, 0.25) is 0 Å². The molecule has 1 unspecified atom stereocenters. The average Bonchev–Trinajstić information content (AvgIpc) is 3.53. The van der Waals surface area contributed by atoms with Gasteiger partial charge in [-0.1, -0.05) is 44.4 Å². The van der Waals surface area contributed by atoms with Gasteiger partial charge in [-0.05, 0) is 55.0 Å². The van der Waals surface area contributed by atoms with Gasteiger partial charge in [0.15, 0.2) is 0 Å². The maximum atomic E-state index is 11.0. The van der Waals surface area contributed by atoms with Crippen LogP contribution >= 0.6 is 0 Å². The molecular weight excluding hydrogens is 368 g/mol. The average molecular weight is 398 g/mol. The Morgan fingerprint density at radius 2 is 1.76 bits per heavy atom. The van der Waals surface area contributed by atoms with E-state index in [1.165, 1.54) is 19.3 Å². The van der Waals surface area contributed by atoms with Crippen molar-refractivity contribution < 1.29 is 24.5 Å². The summed E-state index contributed by atoms with van der Waals surface area (Å²) in [5, 5.41) is 18.5. The van der Waals surface area contributed by atoms with Gasteiger partial charge >= 0.3 is 5.97 Å². The summed E-state index contributed by atoms with van der Waals surface area (Å²) >= 11 is 0. The van der Waals surface area contributed by atoms with Crippen molar-refractivity contribution in [3.63, 3.8) is 0 Å². The van der Waals surface area contributed by atoms with E-state index in [-0.39, 0.29) is 11.9 Å². The highest BCUT2D eigenvalue weighted by Gasteiger charge is 2.31. The molecule has 0 radical (unpaired) electrons. The standard InChI is InChI=1S/C21H24O5.C3H6/c1-14(21(23)24)8-15-4-2-6-18(9-15)25-13-16-10-20(11-16)26-19-7-3-5-17(22)12-19;1-2-3-1/h2-7,9,12,14,16,20,22H,8,10-11,13H2,1H3,(H,23,24);1-3H2. The van der Waals surface area contributed by atoms with E-state index in [1.807, 2.05) is 30.3 Å². The molecular formula is C24H30O5. The van der Waals surface area contributed by atoms with Crippen LogP contribution in [0.5, 0.6) is 17.2 Å². The van der Waals surface area contributed by atoms with Crippen molar-refractivity contribution in [3.05, 3.63) is 54.1 Å². The molecule has 1 atom stereocenters. The molecule has 2 aromatic rings. The molecule has 2 saturated carbocycles. The topological polar surface area (TPSA) is 76.0 Å². The Kier molecular flexibility index (Phi) is 7.39. The molecule has 4 rings (SSSR count). The summed E-state index contributed by atoms with van der Waals surface area (Å²) in [7, 11) is 0. The van der Waals surface area contributed by atoms with Gasteiger partial charge in [0, 0.05) is 6.07 Å². The van der Waals surface area contributed by atoms with Gasteiger partial charge in [-0.15, -0.1) is 0 Å². The second-order valence-corrected chi connectivity index (χ2v) is 8.04. The summed E-state index contributed by atoms with van der Waals surface area (Å²) in [6, 6.07) is 14.5. The number of phenolic OH excluding ortho intramolecular Hbond substituents is 1. The Morgan fingerprint density at radius 3 is 2.41 bits per heavy atom. The van der Waals surface area contributed by atoms with Gasteiger partial charge in [0.05, 0.1) is 18.6 Å². The predicted octanol–water partition coefficient (Wildman–Crippen LogP) is 5.06. The van der Waals surface area contributed by atoms with E-state index in [0.717, 1.165) is 24.2 Å². The van der Waals surface area contributed by atoms with Crippen molar-refractivity contribution in [2.24, 2.45) is 11.8 Å². The van der Waals surface area contributed by atoms with Crippen LogP contribution in [0, 0.1) is 11.8 Å². The number of carboxylic acid groups (broad SMARTS) is 1. The second-order valence-electron chi connectivity index (χ2n) is 8.04. The first-order valence-corrected chi connectivity index (χ1v) is 10.4. The van der Waals surface area contributed by atoms with Crippen molar-refractivity contribution in [3.8, 4) is 17.2 Å². The summed E-state index contributed by atoms with van der Waals surface area (Å²) in [6.07, 6.45) is 7.00. The summed E-state index contributed by atoms with van der Waals surface area (Å²) in [4.78, 5) is 11.0. The quantitative estimate of drug-likeness (QED) is 0.650. The lowest BCUT2D eigenvalue weighted by atomic mass is 9.83. The number of phenols is 1. The molecule has 5 nitrogen and oxygen atoms in total. The number of rotatable bonds is 8. The van der Waals surface area contributed by atoms with E-state index in [0.29, 0.717) is 24.7 Å². The molecule has 2 aliphatic rings. The Bertz CT molecular complexity index is 793. The number of hydrogen-bond donors (Lipinski definition) is 2. The van der Waals surface area contributed by atoms with Gasteiger partial charge in [0.25, 0.3) is 0 Å². The summed E-state index contributed by atoms with van der Waals surface area (Å²) in [5.41, 5.74) is 0.969. The Hall–Kier alpha value is -2.69. The minimum absolute atomic E-state index is 0.160. The maximum absolute atomic E-state index is 11.0. The first kappa shape index (κ1) is 21.0. The fraction of sp³-hybridized carbons (Fsp3) is 0.458. The first-order chi connectivity index (χ1) is 14.0. The highest BCUT2D eigenvalue weighted by molar-refractivity contribution is 5.69. The van der Waals surface area contributed by atoms with E-state index < -0.39 is 11.9 Å². The van der Waals surface area contributed by atoms with Crippen LogP contribution in [0.15, 0.2) is 48.5 Å². The number of carboxylic acids is 1. The molecule has 2 N–H and O–H groups in total. The van der Waals surface area contributed by atoms with Crippen LogP contribution in [0.2, 0.25) is 0 Å². The molecule has 0 heterocycles. The molecule has 2 fully saturated rings. The van der Waals surface area contributed by atoms with Crippen molar-refractivity contribution in [1.82, 2.24) is 0 Å². The predicted molar refractivity (Wildman–Crippen MR) is 112 cm³/mol. The third-order valence-corrected chi connectivity index (χ3v) is 5.01. The van der Waals surface area contributed by atoms with Crippen LogP contribution < -0.4 is 9.47 Å². The zero-order chi connectivity index (χ0) is 20.6. The Morgan fingerprint density at radius 1 is 1.07 bits per heavy atom. The molecule has 2 aliphatic carbocycles. The van der Waals surface area contributed by atoms with E-state index in [9.17, 15) is 9.90 Å². The lowest BCUT2D eigenvalue weighted by molar-refractivity contribution is -0.141. The molecule has 0 spiro atoms. The van der Waals surface area contributed by atoms with Crippen LogP contribution in [0.1, 0.15) is 44.6 Å². The number of carbonyl (C=O) groups is 1. The maximum Gasteiger partial charge on any atom is 0.306 e. The molecule has 5 heteroatoms. The number of ether oxygens (including phenoxy) is 2. The van der Waals surface area contributed by atoms with E-state index in [1.54, 1.807) is 25.1 Å². The molecule has 29 heavy (non-hydrogen) atoms. The molecule has 0 amide bonds. The fourth-order valence-corrected chi connectivity index (χ4v) is 3.07. The minimum atomic E-state index is -0.788. The number of aromatic hydroxyl groups is 1. The van der Waals surface area contributed by atoms with Crippen LogP contribution in [0.25, 0.3) is 0 Å². The minimum Gasteiger partial charge on any atom is -0.508 e. The SMILES string of the molecule is C1CC1.CC(Cc1cccc(OCC2CC(Oc3cccc(O)c3)C2)c1)C(=O)O. The molecule has 0 aromatic heterocycles. The normalized spacial score (nSPS) is 20.4. The molecule has 0 bridgehead atoms. The summed E-state index contributed by atoms with van der Waals surface area (Å²) in [5.74, 6) is 0.917. The van der Waals surface area contributed by atoms with E-state index >= 15 is 0 Å². The first-order valence-electron chi connectivity index (χ1n) is 10.4. The Labute approximate surface area is 172 Å². The summed E-state index contributed by atoms with van der Waals surface area (Å²) in [6.45, 7) is 2.33. The third kappa shape index (κ3) is 7.33. The zero-order valence-electron chi connectivity index (χ0n) is 16.9. The summed E-state index contributed by atoms with van der Waals surface area (Å²) < 4.78 is 11.7. The van der Waals surface area contributed by atoms with Crippen molar-refractivity contribution in [2.75, 3.05) is 6.61 Å². The number of hydrogen-bond acceptors (Lipinski definition) is 4. The number of benzene rings is 2. The van der Waals surface area contributed by atoms with Gasteiger partial charge in [0.1, 0.15) is 17.2 Å². The van der Waals surface area contributed by atoms with Crippen LogP contribution in [0.4, 0.5) is 0 Å². The van der Waals surface area contributed by atoms with Crippen molar-refractivity contribution >= 4 is 5.97 Å². The van der Waals surface area contributed by atoms with Crippen molar-refractivity contribution in [2.45, 2.75) is 51.6 Å². The van der Waals surface area contributed by atoms with E-state index in [4.69, 9.17) is 14.6 Å². The van der Waals surface area contributed by atoms with E-state index in [2.05, 4.69) is 0 Å². The smallest absolute Gasteiger partial charge is 0.306 e. The van der Waals surface area contributed by atoms with Gasteiger partial charge in [-0.2, -0.15) is 0 Å². The highest BCUT2D eigenvalue weighted by atomic mass is 16.5. The lowest BCUT2D eigenvalue weighted by Gasteiger charge is -2.35.